The molecule has 0 saturated heterocycles. The average Bonchev–Trinajstić information content (AvgIpc) is 2.74. The van der Waals surface area contributed by atoms with Gasteiger partial charge >= 0.3 is 0 Å². The van der Waals surface area contributed by atoms with Gasteiger partial charge in [0, 0.05) is 4.88 Å². The van der Waals surface area contributed by atoms with Gasteiger partial charge in [-0.25, -0.2) is 9.97 Å². The third-order valence-electron chi connectivity index (χ3n) is 2.23. The van der Waals surface area contributed by atoms with E-state index in [9.17, 15) is 0 Å². The zero-order valence-corrected chi connectivity index (χ0v) is 12.2. The Labute approximate surface area is 107 Å². The Morgan fingerprint density at radius 1 is 1.18 bits per heavy atom. The number of aromatic nitrogens is 2. The fourth-order valence-electron chi connectivity index (χ4n) is 1.37. The molecule has 0 fully saturated rings. The summed E-state index contributed by atoms with van der Waals surface area (Å²) in [4.78, 5) is 10.6. The second-order valence-corrected chi connectivity index (χ2v) is 5.49. The monoisotopic (exact) mass is 252 g/mol. The summed E-state index contributed by atoms with van der Waals surface area (Å²) >= 11 is 1.70. The van der Waals surface area contributed by atoms with Gasteiger partial charge in [0.1, 0.15) is 11.2 Å². The van der Waals surface area contributed by atoms with E-state index in [1.165, 1.54) is 4.88 Å². The minimum atomic E-state index is 0.149. The lowest BCUT2D eigenvalue weighted by Gasteiger charge is -2.14. The van der Waals surface area contributed by atoms with Crippen LogP contribution in [0.1, 0.15) is 39.5 Å². The summed E-state index contributed by atoms with van der Waals surface area (Å²) < 4.78 is 5.21. The Kier molecular flexibility index (Phi) is 4.46. The second kappa shape index (κ2) is 5.45. The first-order valence-electron chi connectivity index (χ1n) is 5.81. The second-order valence-electron chi connectivity index (χ2n) is 4.46. The maximum absolute atomic E-state index is 5.21. The molecule has 0 atom stereocenters. The van der Waals surface area contributed by atoms with E-state index in [1.54, 1.807) is 24.8 Å². The van der Waals surface area contributed by atoms with Crippen molar-refractivity contribution < 1.29 is 4.74 Å². The zero-order valence-electron chi connectivity index (χ0n) is 11.4. The summed E-state index contributed by atoms with van der Waals surface area (Å²) in [5.74, 6) is 0.659. The molecule has 0 aromatic carbocycles. The van der Waals surface area contributed by atoms with Crippen molar-refractivity contribution in [1.29, 1.82) is 0 Å². The molecule has 0 aliphatic carbocycles. The third kappa shape index (κ3) is 2.94. The van der Waals surface area contributed by atoms with Crippen molar-refractivity contribution in [1.82, 2.24) is 9.97 Å². The maximum atomic E-state index is 5.21. The van der Waals surface area contributed by atoms with Crippen molar-refractivity contribution in [2.75, 3.05) is 7.11 Å². The van der Waals surface area contributed by atoms with Crippen LogP contribution in [0.3, 0.4) is 0 Å². The molecule has 0 N–H and O–H groups in total. The molecule has 2 rings (SSSR count). The molecule has 17 heavy (non-hydrogen) atoms. The molecule has 0 amide bonds. The summed E-state index contributed by atoms with van der Waals surface area (Å²) in [6.07, 6.45) is 1.55. The van der Waals surface area contributed by atoms with Crippen LogP contribution in [0.15, 0.2) is 12.4 Å². The first-order chi connectivity index (χ1) is 8.02. The van der Waals surface area contributed by atoms with E-state index in [2.05, 4.69) is 36.8 Å². The maximum Gasteiger partial charge on any atom is 0.225 e. The smallest absolute Gasteiger partial charge is 0.225 e. The third-order valence-corrected chi connectivity index (χ3v) is 3.69. The van der Waals surface area contributed by atoms with E-state index < -0.39 is 0 Å². The van der Waals surface area contributed by atoms with Gasteiger partial charge in [0.2, 0.25) is 5.88 Å². The molecule has 2 aromatic heterocycles. The lowest BCUT2D eigenvalue weighted by Crippen LogP contribution is -2.07. The standard InChI is InChI=1S/C11H14N2OS.C2H6/c1-11(2,3)8-5-7-9(14-4)12-6-13-10(7)15-8;1-2/h5-6H,1-4H3;1-2H3. The number of thiophene rings is 1. The number of hydrogen-bond donors (Lipinski definition) is 0. The number of fused-ring (bicyclic) bond motifs is 1. The Morgan fingerprint density at radius 3 is 2.35 bits per heavy atom. The number of hydrogen-bond acceptors (Lipinski definition) is 4. The van der Waals surface area contributed by atoms with Crippen molar-refractivity contribution in [3.05, 3.63) is 17.3 Å². The molecule has 0 saturated carbocycles. The Balaban J connectivity index is 0.000000686. The fourth-order valence-corrected chi connectivity index (χ4v) is 2.41. The number of ether oxygens (including phenoxy) is 1. The zero-order chi connectivity index (χ0) is 13.1. The average molecular weight is 252 g/mol. The highest BCUT2D eigenvalue weighted by Gasteiger charge is 2.18. The molecule has 0 radical (unpaired) electrons. The van der Waals surface area contributed by atoms with Gasteiger partial charge in [-0.2, -0.15) is 0 Å². The molecule has 3 nitrogen and oxygen atoms in total. The van der Waals surface area contributed by atoms with Crippen LogP contribution in [-0.4, -0.2) is 17.1 Å². The predicted molar refractivity (Wildman–Crippen MR) is 74.0 cm³/mol. The Morgan fingerprint density at radius 2 is 1.82 bits per heavy atom. The van der Waals surface area contributed by atoms with Gasteiger partial charge in [-0.3, -0.25) is 0 Å². The molecule has 0 unspecified atom stereocenters. The fraction of sp³-hybridized carbons (Fsp3) is 0.538. The van der Waals surface area contributed by atoms with Crippen LogP contribution in [0.4, 0.5) is 0 Å². The van der Waals surface area contributed by atoms with Crippen molar-refractivity contribution in [3.8, 4) is 5.88 Å². The number of nitrogens with zero attached hydrogens (tertiary/aromatic N) is 2. The normalized spacial score (nSPS) is 10.9. The van der Waals surface area contributed by atoms with Gasteiger partial charge in [0.15, 0.2) is 0 Å². The summed E-state index contributed by atoms with van der Waals surface area (Å²) in [6.45, 7) is 10.6. The van der Waals surface area contributed by atoms with Crippen LogP contribution >= 0.6 is 11.3 Å². The highest BCUT2D eigenvalue weighted by Crippen LogP contribution is 2.35. The number of methoxy groups -OCH3 is 1. The van der Waals surface area contributed by atoms with E-state index in [-0.39, 0.29) is 5.41 Å². The molecular formula is C13H20N2OS. The summed E-state index contributed by atoms with van der Waals surface area (Å²) in [5, 5.41) is 1.01. The van der Waals surface area contributed by atoms with E-state index >= 15 is 0 Å². The summed E-state index contributed by atoms with van der Waals surface area (Å²) in [6, 6.07) is 2.12. The molecule has 0 aliphatic rings. The quantitative estimate of drug-likeness (QED) is 0.768. The van der Waals surface area contributed by atoms with Crippen LogP contribution < -0.4 is 4.74 Å². The van der Waals surface area contributed by atoms with E-state index in [1.807, 2.05) is 13.8 Å². The molecule has 0 bridgehead atoms. The van der Waals surface area contributed by atoms with Crippen molar-refractivity contribution in [3.63, 3.8) is 0 Å². The Hall–Kier alpha value is -1.16. The van der Waals surface area contributed by atoms with Crippen LogP contribution in [0.25, 0.3) is 10.2 Å². The largest absolute Gasteiger partial charge is 0.480 e. The SMILES string of the molecule is CC.COc1ncnc2sc(C(C)(C)C)cc12. The molecule has 0 spiro atoms. The minimum Gasteiger partial charge on any atom is -0.480 e. The molecule has 2 heterocycles. The lowest BCUT2D eigenvalue weighted by atomic mass is 9.94. The van der Waals surface area contributed by atoms with Gasteiger partial charge in [-0.1, -0.05) is 34.6 Å². The van der Waals surface area contributed by atoms with Crippen LogP contribution in [0.2, 0.25) is 0 Å². The van der Waals surface area contributed by atoms with Crippen molar-refractivity contribution in [2.24, 2.45) is 0 Å². The van der Waals surface area contributed by atoms with Crippen molar-refractivity contribution in [2.45, 2.75) is 40.0 Å². The first kappa shape index (κ1) is 13.9. The number of rotatable bonds is 1. The highest BCUT2D eigenvalue weighted by atomic mass is 32.1. The summed E-state index contributed by atoms with van der Waals surface area (Å²) in [7, 11) is 1.64. The molecule has 94 valence electrons. The molecule has 0 aliphatic heterocycles. The molecular weight excluding hydrogens is 232 g/mol. The minimum absolute atomic E-state index is 0.149. The highest BCUT2D eigenvalue weighted by molar-refractivity contribution is 7.18. The van der Waals surface area contributed by atoms with Crippen LogP contribution in [0, 0.1) is 0 Å². The van der Waals surface area contributed by atoms with Gasteiger partial charge < -0.3 is 4.74 Å². The van der Waals surface area contributed by atoms with E-state index in [0.717, 1.165) is 10.2 Å². The van der Waals surface area contributed by atoms with E-state index in [4.69, 9.17) is 4.74 Å². The van der Waals surface area contributed by atoms with Crippen LogP contribution in [0.5, 0.6) is 5.88 Å². The Bertz CT molecular complexity index is 486. The lowest BCUT2D eigenvalue weighted by molar-refractivity contribution is 0.402. The van der Waals surface area contributed by atoms with Gasteiger partial charge in [0.05, 0.1) is 12.5 Å². The molecule has 4 heteroatoms. The van der Waals surface area contributed by atoms with Crippen LogP contribution in [-0.2, 0) is 5.41 Å². The van der Waals surface area contributed by atoms with Gasteiger partial charge in [0.25, 0.3) is 0 Å². The van der Waals surface area contributed by atoms with Crippen molar-refractivity contribution >= 4 is 21.6 Å². The molecule has 2 aromatic rings. The van der Waals surface area contributed by atoms with E-state index in [0.29, 0.717) is 5.88 Å². The van der Waals surface area contributed by atoms with Gasteiger partial charge in [-0.05, 0) is 11.5 Å². The topological polar surface area (TPSA) is 35.0 Å². The predicted octanol–water partition coefficient (Wildman–Crippen LogP) is 4.02. The summed E-state index contributed by atoms with van der Waals surface area (Å²) in [5.41, 5.74) is 0.149. The first-order valence-corrected chi connectivity index (χ1v) is 6.63. The van der Waals surface area contributed by atoms with Gasteiger partial charge in [-0.15, -0.1) is 11.3 Å².